The van der Waals surface area contributed by atoms with Gasteiger partial charge in [0.2, 0.25) is 0 Å². The highest BCUT2D eigenvalue weighted by Crippen LogP contribution is 2.14. The van der Waals surface area contributed by atoms with Crippen molar-refractivity contribution >= 4 is 5.97 Å². The van der Waals surface area contributed by atoms with E-state index in [0.29, 0.717) is 17.9 Å². The second-order valence-electron chi connectivity index (χ2n) is 6.81. The summed E-state index contributed by atoms with van der Waals surface area (Å²) in [5.74, 6) is 0.142. The van der Waals surface area contributed by atoms with Crippen LogP contribution in [0.25, 0.3) is 0 Å². The van der Waals surface area contributed by atoms with Crippen LogP contribution in [0.2, 0.25) is 0 Å². The Morgan fingerprint density at radius 2 is 1.42 bits per heavy atom. The van der Waals surface area contributed by atoms with Gasteiger partial charge in [-0.15, -0.1) is 0 Å². The fourth-order valence-electron chi connectivity index (χ4n) is 2.90. The van der Waals surface area contributed by atoms with E-state index >= 15 is 0 Å². The molecule has 26 heavy (non-hydrogen) atoms. The van der Waals surface area contributed by atoms with Gasteiger partial charge in [0.15, 0.2) is 0 Å². The first kappa shape index (κ1) is 22.5. The maximum Gasteiger partial charge on any atom is 0.373 e. The summed E-state index contributed by atoms with van der Waals surface area (Å²) in [6.07, 6.45) is 15.5. The molecule has 0 heterocycles. The van der Waals surface area contributed by atoms with Gasteiger partial charge in [-0.2, -0.15) is 4.89 Å². The molecule has 0 fully saturated rings. The molecular weight excluding hydrogens is 328 g/mol. The summed E-state index contributed by atoms with van der Waals surface area (Å²) in [5, 5.41) is 0. The number of hydrogen-bond acceptors (Lipinski definition) is 4. The second-order valence-corrected chi connectivity index (χ2v) is 6.81. The largest absolute Gasteiger partial charge is 0.497 e. The van der Waals surface area contributed by atoms with Crippen LogP contribution >= 0.6 is 0 Å². The molecule has 4 nitrogen and oxygen atoms in total. The summed E-state index contributed by atoms with van der Waals surface area (Å²) >= 11 is 0. The smallest absolute Gasteiger partial charge is 0.373 e. The summed E-state index contributed by atoms with van der Waals surface area (Å²) in [6, 6.07) is 6.85. The first-order valence-corrected chi connectivity index (χ1v) is 10.3. The Hall–Kier alpha value is -1.55. The Balaban J connectivity index is 1.89. The van der Waals surface area contributed by atoms with Crippen molar-refractivity contribution in [3.8, 4) is 5.75 Å². The average Bonchev–Trinajstić information content (AvgIpc) is 2.68. The van der Waals surface area contributed by atoms with Gasteiger partial charge < -0.3 is 4.74 Å². The number of ether oxygens (including phenoxy) is 1. The quantitative estimate of drug-likeness (QED) is 0.191. The van der Waals surface area contributed by atoms with Gasteiger partial charge in [0, 0.05) is 0 Å². The summed E-state index contributed by atoms with van der Waals surface area (Å²) in [5.41, 5.74) is 0.430. The molecule has 0 spiro atoms. The standard InChI is InChI=1S/C22H36O4/c1-3-4-5-6-7-8-9-10-11-12-13-14-18-25-26-22(23)20-16-15-17-21(19-20)24-2/h15-17,19H,3-14,18H2,1-2H3. The minimum Gasteiger partial charge on any atom is -0.497 e. The number of carbonyl (C=O) groups excluding carboxylic acids is 1. The van der Waals surface area contributed by atoms with Crippen molar-refractivity contribution < 1.29 is 19.3 Å². The topological polar surface area (TPSA) is 44.8 Å². The molecule has 1 aromatic rings. The van der Waals surface area contributed by atoms with Crippen LogP contribution in [-0.4, -0.2) is 19.7 Å². The van der Waals surface area contributed by atoms with E-state index in [1.807, 2.05) is 0 Å². The van der Waals surface area contributed by atoms with E-state index in [2.05, 4.69) is 6.92 Å². The van der Waals surface area contributed by atoms with Crippen molar-refractivity contribution in [2.45, 2.75) is 84.0 Å². The van der Waals surface area contributed by atoms with Crippen LogP contribution in [0.1, 0.15) is 94.3 Å². The van der Waals surface area contributed by atoms with Gasteiger partial charge in [0.25, 0.3) is 0 Å². The van der Waals surface area contributed by atoms with Gasteiger partial charge in [-0.1, -0.05) is 83.6 Å². The van der Waals surface area contributed by atoms with Crippen molar-refractivity contribution in [1.82, 2.24) is 0 Å². The molecule has 0 aliphatic heterocycles. The molecular formula is C22H36O4. The van der Waals surface area contributed by atoms with Crippen molar-refractivity contribution in [2.75, 3.05) is 13.7 Å². The van der Waals surface area contributed by atoms with Crippen LogP contribution in [0.5, 0.6) is 5.75 Å². The Bertz CT molecular complexity index is 473. The summed E-state index contributed by atoms with van der Waals surface area (Å²) in [4.78, 5) is 21.7. The normalized spacial score (nSPS) is 10.7. The fraction of sp³-hybridized carbons (Fsp3) is 0.682. The third-order valence-electron chi connectivity index (χ3n) is 4.52. The first-order chi connectivity index (χ1) is 12.8. The summed E-state index contributed by atoms with van der Waals surface area (Å²) in [6.45, 7) is 2.71. The lowest BCUT2D eigenvalue weighted by molar-refractivity contribution is -0.241. The molecule has 0 radical (unpaired) electrons. The van der Waals surface area contributed by atoms with E-state index in [-0.39, 0.29) is 0 Å². The zero-order valence-corrected chi connectivity index (χ0v) is 16.6. The molecule has 0 aliphatic carbocycles. The zero-order chi connectivity index (χ0) is 18.9. The van der Waals surface area contributed by atoms with Crippen molar-refractivity contribution in [1.29, 1.82) is 0 Å². The van der Waals surface area contributed by atoms with E-state index < -0.39 is 5.97 Å². The second kappa shape index (κ2) is 15.7. The lowest BCUT2D eigenvalue weighted by Crippen LogP contribution is -2.07. The molecule has 0 aromatic heterocycles. The molecule has 0 atom stereocenters. The van der Waals surface area contributed by atoms with Crippen molar-refractivity contribution in [3.63, 3.8) is 0 Å². The third kappa shape index (κ3) is 11.1. The molecule has 0 saturated carbocycles. The molecule has 0 amide bonds. The van der Waals surface area contributed by atoms with Gasteiger partial charge >= 0.3 is 5.97 Å². The molecule has 0 N–H and O–H groups in total. The molecule has 0 bridgehead atoms. The summed E-state index contributed by atoms with van der Waals surface area (Å²) < 4.78 is 5.08. The van der Waals surface area contributed by atoms with Crippen LogP contribution in [0.3, 0.4) is 0 Å². The van der Waals surface area contributed by atoms with Crippen LogP contribution in [-0.2, 0) is 9.78 Å². The molecule has 0 saturated heterocycles. The third-order valence-corrected chi connectivity index (χ3v) is 4.52. The number of methoxy groups -OCH3 is 1. The van der Waals surface area contributed by atoms with Gasteiger partial charge in [0.1, 0.15) is 5.75 Å². The maximum absolute atomic E-state index is 11.8. The Morgan fingerprint density at radius 1 is 0.846 bits per heavy atom. The van der Waals surface area contributed by atoms with E-state index in [4.69, 9.17) is 14.5 Å². The lowest BCUT2D eigenvalue weighted by Gasteiger charge is -2.05. The van der Waals surface area contributed by atoms with E-state index in [0.717, 1.165) is 12.8 Å². The monoisotopic (exact) mass is 364 g/mol. The molecule has 1 rings (SSSR count). The number of rotatable bonds is 16. The average molecular weight is 365 g/mol. The van der Waals surface area contributed by atoms with E-state index in [1.165, 1.54) is 64.2 Å². The van der Waals surface area contributed by atoms with E-state index in [1.54, 1.807) is 31.4 Å². The molecule has 148 valence electrons. The minimum absolute atomic E-state index is 0.430. The van der Waals surface area contributed by atoms with Crippen LogP contribution in [0.4, 0.5) is 0 Å². The maximum atomic E-state index is 11.8. The zero-order valence-electron chi connectivity index (χ0n) is 16.6. The lowest BCUT2D eigenvalue weighted by atomic mass is 10.1. The minimum atomic E-state index is -0.483. The van der Waals surface area contributed by atoms with Crippen molar-refractivity contribution in [2.24, 2.45) is 0 Å². The highest BCUT2D eigenvalue weighted by atomic mass is 17.2. The Labute approximate surface area is 159 Å². The van der Waals surface area contributed by atoms with Crippen LogP contribution in [0, 0.1) is 0 Å². The number of hydrogen-bond donors (Lipinski definition) is 0. The SMILES string of the molecule is CCCCCCCCCCCCCCOOC(=O)c1cccc(OC)c1. The highest BCUT2D eigenvalue weighted by Gasteiger charge is 2.09. The van der Waals surface area contributed by atoms with Gasteiger partial charge in [-0.3, -0.25) is 4.89 Å². The van der Waals surface area contributed by atoms with Crippen molar-refractivity contribution in [3.05, 3.63) is 29.8 Å². The fourth-order valence-corrected chi connectivity index (χ4v) is 2.90. The predicted octanol–water partition coefficient (Wildman–Crippen LogP) is 6.48. The van der Waals surface area contributed by atoms with Gasteiger partial charge in [-0.25, -0.2) is 4.79 Å². The van der Waals surface area contributed by atoms with Gasteiger partial charge in [-0.05, 0) is 24.6 Å². The number of benzene rings is 1. The molecule has 0 unspecified atom stereocenters. The molecule has 4 heteroatoms. The number of carbonyl (C=O) groups is 1. The van der Waals surface area contributed by atoms with Gasteiger partial charge in [0.05, 0.1) is 19.3 Å². The Kier molecular flexibility index (Phi) is 13.6. The molecule has 1 aromatic carbocycles. The number of unbranched alkanes of at least 4 members (excludes halogenated alkanes) is 11. The summed E-state index contributed by atoms with van der Waals surface area (Å²) in [7, 11) is 1.56. The van der Waals surface area contributed by atoms with E-state index in [9.17, 15) is 4.79 Å². The molecule has 0 aliphatic rings. The predicted molar refractivity (Wildman–Crippen MR) is 105 cm³/mol. The highest BCUT2D eigenvalue weighted by molar-refractivity contribution is 5.89. The Morgan fingerprint density at radius 3 is 2.00 bits per heavy atom. The van der Waals surface area contributed by atoms with Crippen LogP contribution < -0.4 is 4.74 Å². The van der Waals surface area contributed by atoms with Crippen LogP contribution in [0.15, 0.2) is 24.3 Å². The first-order valence-electron chi connectivity index (χ1n) is 10.3.